The quantitative estimate of drug-likeness (QED) is 0.789. The number of hydrogen-bond donors (Lipinski definition) is 2. The molecule has 5 nitrogen and oxygen atoms in total. The van der Waals surface area contributed by atoms with E-state index in [0.717, 1.165) is 25.7 Å². The zero-order valence-electron chi connectivity index (χ0n) is 13.3. The number of nitrogens with two attached hydrogens (primary N) is 1. The molecule has 0 amide bonds. The van der Waals surface area contributed by atoms with Crippen molar-refractivity contribution in [1.82, 2.24) is 9.97 Å². The lowest BCUT2D eigenvalue weighted by Gasteiger charge is -2.17. The second-order valence-electron chi connectivity index (χ2n) is 6.15. The molecule has 124 valence electrons. The normalized spacial score (nSPS) is 15.7. The number of aromatic nitrogens is 2. The molecule has 3 N–H and O–H groups in total. The lowest BCUT2D eigenvalue weighted by molar-refractivity contribution is 0.476. The fraction of sp³-hybridized carbons (Fsp3) is 0.389. The molecule has 1 aromatic heterocycles. The van der Waals surface area contributed by atoms with Crippen molar-refractivity contribution in [2.45, 2.75) is 44.4 Å². The van der Waals surface area contributed by atoms with Crippen molar-refractivity contribution in [1.29, 1.82) is 5.26 Å². The van der Waals surface area contributed by atoms with E-state index < -0.39 is 0 Å². The lowest BCUT2D eigenvalue weighted by atomic mass is 9.93. The number of rotatable bonds is 2. The van der Waals surface area contributed by atoms with Crippen molar-refractivity contribution in [2.75, 3.05) is 5.73 Å². The average Bonchev–Trinajstić information content (AvgIpc) is 2.85. The van der Waals surface area contributed by atoms with Gasteiger partial charge < -0.3 is 10.8 Å². The van der Waals surface area contributed by atoms with Crippen LogP contribution in [0, 0.1) is 11.3 Å². The number of nitriles is 1. The summed E-state index contributed by atoms with van der Waals surface area (Å²) in [6, 6.07) is 6.85. The van der Waals surface area contributed by atoms with E-state index in [1.807, 2.05) is 0 Å². The summed E-state index contributed by atoms with van der Waals surface area (Å²) in [5.74, 6) is 0.703. The van der Waals surface area contributed by atoms with Crippen LogP contribution in [0.2, 0.25) is 5.02 Å². The summed E-state index contributed by atoms with van der Waals surface area (Å²) in [6.45, 7) is 0. The topological polar surface area (TPSA) is 95.8 Å². The number of phenols is 1. The van der Waals surface area contributed by atoms with Gasteiger partial charge in [-0.15, -0.1) is 0 Å². The molecule has 1 aromatic carbocycles. The number of nitrogens with zero attached hydrogens (tertiary/aromatic N) is 3. The van der Waals surface area contributed by atoms with Crippen LogP contribution < -0.4 is 5.73 Å². The highest BCUT2D eigenvalue weighted by molar-refractivity contribution is 6.30. The zero-order valence-corrected chi connectivity index (χ0v) is 14.1. The molecule has 0 unspecified atom stereocenters. The number of hydrogen-bond acceptors (Lipinski definition) is 5. The molecule has 0 atom stereocenters. The maximum Gasteiger partial charge on any atom is 0.165 e. The Balaban J connectivity index is 2.12. The number of anilines is 1. The summed E-state index contributed by atoms with van der Waals surface area (Å²) < 4.78 is 0. The molecule has 1 saturated carbocycles. The third-order valence-corrected chi connectivity index (χ3v) is 4.75. The molecule has 1 heterocycles. The Hall–Kier alpha value is -2.32. The van der Waals surface area contributed by atoms with E-state index in [4.69, 9.17) is 17.3 Å². The number of aromatic hydroxyl groups is 1. The van der Waals surface area contributed by atoms with Crippen LogP contribution in [0.1, 0.15) is 55.7 Å². The molecular weight excluding hydrogens is 324 g/mol. The predicted molar refractivity (Wildman–Crippen MR) is 93.7 cm³/mol. The number of halogens is 1. The summed E-state index contributed by atoms with van der Waals surface area (Å²) >= 11 is 6.02. The first-order valence-electron chi connectivity index (χ1n) is 8.16. The highest BCUT2D eigenvalue weighted by Gasteiger charge is 2.23. The van der Waals surface area contributed by atoms with E-state index >= 15 is 0 Å². The standard InChI is InChI=1S/C18H19ClN4O/c19-12-7-8-15(24)13(9-12)18-22-16(14(10-20)17(21)23-18)11-5-3-1-2-4-6-11/h7-9,11,24H,1-6H2,(H2,21,22,23). The third-order valence-electron chi connectivity index (χ3n) is 4.52. The average molecular weight is 343 g/mol. The Bertz CT molecular complexity index is 792. The van der Waals surface area contributed by atoms with Gasteiger partial charge in [-0.2, -0.15) is 5.26 Å². The van der Waals surface area contributed by atoms with Gasteiger partial charge in [0.1, 0.15) is 23.2 Å². The number of benzene rings is 1. The van der Waals surface area contributed by atoms with Gasteiger partial charge in [-0.05, 0) is 31.0 Å². The first kappa shape index (κ1) is 16.5. The largest absolute Gasteiger partial charge is 0.507 e. The third kappa shape index (κ3) is 3.29. The van der Waals surface area contributed by atoms with Gasteiger partial charge in [0.25, 0.3) is 0 Å². The van der Waals surface area contributed by atoms with Crippen molar-refractivity contribution in [3.8, 4) is 23.2 Å². The van der Waals surface area contributed by atoms with Crippen molar-refractivity contribution < 1.29 is 5.11 Å². The molecule has 24 heavy (non-hydrogen) atoms. The Kier molecular flexibility index (Phi) is 4.86. The molecule has 3 rings (SSSR count). The Morgan fingerprint density at radius 1 is 1.17 bits per heavy atom. The molecule has 0 spiro atoms. The molecule has 1 fully saturated rings. The fourth-order valence-electron chi connectivity index (χ4n) is 3.27. The predicted octanol–water partition coefficient (Wildman–Crippen LogP) is 4.39. The lowest BCUT2D eigenvalue weighted by Crippen LogP contribution is -2.10. The molecule has 6 heteroatoms. The van der Waals surface area contributed by atoms with Crippen molar-refractivity contribution in [2.24, 2.45) is 0 Å². The van der Waals surface area contributed by atoms with E-state index in [9.17, 15) is 10.4 Å². The monoisotopic (exact) mass is 342 g/mol. The molecule has 0 aliphatic heterocycles. The first-order chi connectivity index (χ1) is 11.6. The molecular formula is C18H19ClN4O. The summed E-state index contributed by atoms with van der Waals surface area (Å²) in [5.41, 5.74) is 7.49. The van der Waals surface area contributed by atoms with Gasteiger partial charge in [-0.3, -0.25) is 0 Å². The van der Waals surface area contributed by atoms with Gasteiger partial charge in [0.05, 0.1) is 11.3 Å². The van der Waals surface area contributed by atoms with Crippen LogP contribution in [0.25, 0.3) is 11.4 Å². The fourth-order valence-corrected chi connectivity index (χ4v) is 3.44. The summed E-state index contributed by atoms with van der Waals surface area (Å²) in [4.78, 5) is 8.83. The van der Waals surface area contributed by atoms with Gasteiger partial charge in [-0.1, -0.05) is 37.3 Å². The molecule has 0 radical (unpaired) electrons. The van der Waals surface area contributed by atoms with Gasteiger partial charge in [0.15, 0.2) is 5.82 Å². The van der Waals surface area contributed by atoms with E-state index in [1.54, 1.807) is 12.1 Å². The smallest absolute Gasteiger partial charge is 0.165 e. The van der Waals surface area contributed by atoms with E-state index in [2.05, 4.69) is 16.0 Å². The van der Waals surface area contributed by atoms with Gasteiger partial charge >= 0.3 is 0 Å². The Labute approximate surface area is 146 Å². The van der Waals surface area contributed by atoms with E-state index in [-0.39, 0.29) is 17.5 Å². The number of phenolic OH excluding ortho intramolecular Hbond substituents is 1. The molecule has 1 aliphatic rings. The van der Waals surface area contributed by atoms with E-state index in [1.165, 1.54) is 18.9 Å². The maximum atomic E-state index is 10.1. The van der Waals surface area contributed by atoms with Crippen LogP contribution >= 0.6 is 11.6 Å². The van der Waals surface area contributed by atoms with Crippen LogP contribution in [0.15, 0.2) is 18.2 Å². The second kappa shape index (κ2) is 7.06. The van der Waals surface area contributed by atoms with Crippen LogP contribution in [-0.4, -0.2) is 15.1 Å². The van der Waals surface area contributed by atoms with Gasteiger partial charge in [0, 0.05) is 10.9 Å². The van der Waals surface area contributed by atoms with Crippen LogP contribution in [0.3, 0.4) is 0 Å². The highest BCUT2D eigenvalue weighted by Crippen LogP contribution is 2.36. The molecule has 0 saturated heterocycles. The number of nitrogen functional groups attached to an aromatic ring is 1. The van der Waals surface area contributed by atoms with Crippen LogP contribution in [-0.2, 0) is 0 Å². The van der Waals surface area contributed by atoms with Crippen LogP contribution in [0.4, 0.5) is 5.82 Å². The zero-order chi connectivity index (χ0) is 17.1. The minimum atomic E-state index is 0.0373. The Morgan fingerprint density at radius 2 is 1.88 bits per heavy atom. The maximum absolute atomic E-state index is 10.1. The van der Waals surface area contributed by atoms with Crippen LogP contribution in [0.5, 0.6) is 5.75 Å². The Morgan fingerprint density at radius 3 is 2.54 bits per heavy atom. The SMILES string of the molecule is N#Cc1c(N)nc(-c2cc(Cl)ccc2O)nc1C1CCCCCC1. The minimum Gasteiger partial charge on any atom is -0.507 e. The van der Waals surface area contributed by atoms with Crippen molar-refractivity contribution in [3.63, 3.8) is 0 Å². The second-order valence-corrected chi connectivity index (χ2v) is 6.59. The molecule has 2 aromatic rings. The first-order valence-corrected chi connectivity index (χ1v) is 8.54. The highest BCUT2D eigenvalue weighted by atomic mass is 35.5. The van der Waals surface area contributed by atoms with Gasteiger partial charge in [0.2, 0.25) is 0 Å². The molecule has 1 aliphatic carbocycles. The van der Waals surface area contributed by atoms with Crippen molar-refractivity contribution >= 4 is 17.4 Å². The molecule has 0 bridgehead atoms. The van der Waals surface area contributed by atoms with E-state index in [0.29, 0.717) is 27.7 Å². The summed E-state index contributed by atoms with van der Waals surface area (Å²) in [5, 5.41) is 20.1. The van der Waals surface area contributed by atoms with Crippen molar-refractivity contribution in [3.05, 3.63) is 34.5 Å². The van der Waals surface area contributed by atoms with Gasteiger partial charge in [-0.25, -0.2) is 9.97 Å². The summed E-state index contributed by atoms with van der Waals surface area (Å²) in [7, 11) is 0. The minimum absolute atomic E-state index is 0.0373. The summed E-state index contributed by atoms with van der Waals surface area (Å²) in [6.07, 6.45) is 6.65.